The number of hydrogen-bond donors (Lipinski definition) is 1. The van der Waals surface area contributed by atoms with E-state index in [2.05, 4.69) is 4.98 Å². The zero-order chi connectivity index (χ0) is 18.8. The number of fused-ring (bicyclic) bond motifs is 1. The highest BCUT2D eigenvalue weighted by Gasteiger charge is 2.51. The third-order valence-electron chi connectivity index (χ3n) is 4.50. The number of esters is 2. The van der Waals surface area contributed by atoms with Crippen molar-refractivity contribution >= 4 is 11.9 Å². The number of hydrogen-bond acceptors (Lipinski definition) is 8. The van der Waals surface area contributed by atoms with Gasteiger partial charge in [-0.3, -0.25) is 4.98 Å². The van der Waals surface area contributed by atoms with Gasteiger partial charge in [0.1, 0.15) is 23.5 Å². The van der Waals surface area contributed by atoms with Crippen molar-refractivity contribution in [3.63, 3.8) is 0 Å². The van der Waals surface area contributed by atoms with E-state index in [-0.39, 0.29) is 24.5 Å². The number of rotatable bonds is 4. The van der Waals surface area contributed by atoms with Crippen LogP contribution >= 0.6 is 0 Å². The Hall–Kier alpha value is -2.97. The first-order valence-electron chi connectivity index (χ1n) is 8.46. The van der Waals surface area contributed by atoms with Crippen LogP contribution in [-0.2, 0) is 18.9 Å². The van der Waals surface area contributed by atoms with Gasteiger partial charge in [-0.15, -0.1) is 0 Å². The predicted octanol–water partition coefficient (Wildman–Crippen LogP) is 1.34. The van der Waals surface area contributed by atoms with E-state index in [1.165, 1.54) is 18.3 Å². The highest BCUT2D eigenvalue weighted by Crippen LogP contribution is 2.32. The van der Waals surface area contributed by atoms with Gasteiger partial charge in [-0.2, -0.15) is 0 Å². The topological polar surface area (TPSA) is 104 Å². The van der Waals surface area contributed by atoms with Crippen LogP contribution in [0.15, 0.2) is 48.8 Å². The Labute approximate surface area is 154 Å². The lowest BCUT2D eigenvalue weighted by molar-refractivity contribution is -0.0288. The van der Waals surface area contributed by atoms with Crippen molar-refractivity contribution in [3.8, 4) is 5.75 Å². The number of benzene rings is 1. The molecule has 1 N–H and O–H groups in total. The first kappa shape index (κ1) is 17.4. The van der Waals surface area contributed by atoms with E-state index in [1.54, 1.807) is 30.5 Å². The highest BCUT2D eigenvalue weighted by atomic mass is 16.7. The standard InChI is InChI=1S/C19H17NO7/c21-13-6-2-1-5-12(13)19(23)27-15-10-25-16-14(9-24-17(15)16)26-18(22)11-4-3-7-20-8-11/h1-8,14-17,21H,9-10H2. The summed E-state index contributed by atoms with van der Waals surface area (Å²) in [7, 11) is 0. The molecule has 0 amide bonds. The van der Waals surface area contributed by atoms with E-state index in [0.717, 1.165) is 0 Å². The molecule has 0 aliphatic carbocycles. The molecule has 0 saturated carbocycles. The molecule has 2 aliphatic rings. The van der Waals surface area contributed by atoms with Crippen molar-refractivity contribution in [1.82, 2.24) is 4.98 Å². The molecule has 4 rings (SSSR count). The van der Waals surface area contributed by atoms with Crippen LogP contribution in [-0.4, -0.2) is 59.7 Å². The Balaban J connectivity index is 1.38. The maximum atomic E-state index is 12.3. The van der Waals surface area contributed by atoms with Gasteiger partial charge in [0.2, 0.25) is 0 Å². The van der Waals surface area contributed by atoms with Crippen LogP contribution in [0.25, 0.3) is 0 Å². The summed E-state index contributed by atoms with van der Waals surface area (Å²) in [6, 6.07) is 9.37. The van der Waals surface area contributed by atoms with Crippen LogP contribution < -0.4 is 0 Å². The summed E-state index contributed by atoms with van der Waals surface area (Å²) in [5.74, 6) is -1.34. The maximum Gasteiger partial charge on any atom is 0.342 e. The van der Waals surface area contributed by atoms with Crippen molar-refractivity contribution in [2.75, 3.05) is 13.2 Å². The van der Waals surface area contributed by atoms with Gasteiger partial charge < -0.3 is 24.1 Å². The van der Waals surface area contributed by atoms with Gasteiger partial charge >= 0.3 is 11.9 Å². The average molecular weight is 371 g/mol. The molecule has 2 aliphatic heterocycles. The summed E-state index contributed by atoms with van der Waals surface area (Å²) in [5.41, 5.74) is 0.403. The molecule has 2 fully saturated rings. The number of pyridine rings is 1. The van der Waals surface area contributed by atoms with Gasteiger partial charge in [0.15, 0.2) is 12.2 Å². The molecule has 8 nitrogen and oxygen atoms in total. The van der Waals surface area contributed by atoms with E-state index in [9.17, 15) is 14.7 Å². The first-order chi connectivity index (χ1) is 13.1. The fourth-order valence-electron chi connectivity index (χ4n) is 3.17. The smallest absolute Gasteiger partial charge is 0.342 e. The number of carbonyl (C=O) groups excluding carboxylic acids is 2. The lowest BCUT2D eigenvalue weighted by atomic mass is 10.1. The quantitative estimate of drug-likeness (QED) is 0.803. The molecule has 2 aromatic rings. The summed E-state index contributed by atoms with van der Waals surface area (Å²) in [5, 5.41) is 9.77. The molecule has 27 heavy (non-hydrogen) atoms. The Morgan fingerprint density at radius 2 is 1.63 bits per heavy atom. The van der Waals surface area contributed by atoms with Crippen LogP contribution in [0.4, 0.5) is 0 Å². The minimum Gasteiger partial charge on any atom is -0.507 e. The minimum absolute atomic E-state index is 0.0681. The van der Waals surface area contributed by atoms with Crippen molar-refractivity contribution in [3.05, 3.63) is 59.9 Å². The summed E-state index contributed by atoms with van der Waals surface area (Å²) >= 11 is 0. The lowest BCUT2D eigenvalue weighted by Gasteiger charge is -2.17. The number of carbonyl (C=O) groups is 2. The molecule has 0 bridgehead atoms. The third kappa shape index (κ3) is 3.49. The summed E-state index contributed by atoms with van der Waals surface area (Å²) in [6.07, 6.45) is 0.678. The van der Waals surface area contributed by atoms with Gasteiger partial charge in [0.25, 0.3) is 0 Å². The molecular formula is C19H17NO7. The lowest BCUT2D eigenvalue weighted by Crippen LogP contribution is -2.36. The van der Waals surface area contributed by atoms with Gasteiger partial charge in [0.05, 0.1) is 18.8 Å². The molecule has 0 spiro atoms. The van der Waals surface area contributed by atoms with Gasteiger partial charge in [-0.1, -0.05) is 12.1 Å². The van der Waals surface area contributed by atoms with Gasteiger partial charge in [-0.05, 0) is 24.3 Å². The molecule has 4 unspecified atom stereocenters. The monoisotopic (exact) mass is 371 g/mol. The highest BCUT2D eigenvalue weighted by molar-refractivity contribution is 5.92. The number of aromatic hydroxyl groups is 1. The van der Waals surface area contributed by atoms with E-state index >= 15 is 0 Å². The predicted molar refractivity (Wildman–Crippen MR) is 90.2 cm³/mol. The molecule has 1 aromatic heterocycles. The van der Waals surface area contributed by atoms with Gasteiger partial charge in [0, 0.05) is 12.4 Å². The van der Waals surface area contributed by atoms with E-state index in [1.807, 2.05) is 0 Å². The number of phenolic OH excluding ortho intramolecular Hbond substituents is 1. The molecule has 140 valence electrons. The van der Waals surface area contributed by atoms with E-state index in [4.69, 9.17) is 18.9 Å². The van der Waals surface area contributed by atoms with E-state index in [0.29, 0.717) is 5.56 Å². The van der Waals surface area contributed by atoms with Crippen LogP contribution in [0.5, 0.6) is 5.75 Å². The van der Waals surface area contributed by atoms with Crippen LogP contribution in [0.1, 0.15) is 20.7 Å². The zero-order valence-corrected chi connectivity index (χ0v) is 14.2. The Kier molecular flexibility index (Phi) is 4.74. The fraction of sp³-hybridized carbons (Fsp3) is 0.316. The molecule has 0 radical (unpaired) electrons. The first-order valence-corrected chi connectivity index (χ1v) is 8.46. The van der Waals surface area contributed by atoms with Crippen molar-refractivity contribution in [2.45, 2.75) is 24.4 Å². The van der Waals surface area contributed by atoms with Crippen LogP contribution in [0.3, 0.4) is 0 Å². The molecule has 4 atom stereocenters. The molecular weight excluding hydrogens is 354 g/mol. The zero-order valence-electron chi connectivity index (χ0n) is 14.2. The van der Waals surface area contributed by atoms with Gasteiger partial charge in [-0.25, -0.2) is 9.59 Å². The van der Waals surface area contributed by atoms with Crippen molar-refractivity contribution in [1.29, 1.82) is 0 Å². The molecule has 8 heteroatoms. The van der Waals surface area contributed by atoms with Crippen LogP contribution in [0.2, 0.25) is 0 Å². The Bertz CT molecular complexity index is 841. The largest absolute Gasteiger partial charge is 0.507 e. The normalized spacial score (nSPS) is 26.4. The molecule has 2 saturated heterocycles. The summed E-state index contributed by atoms with van der Waals surface area (Å²) < 4.78 is 22.2. The maximum absolute atomic E-state index is 12.3. The van der Waals surface area contributed by atoms with Crippen LogP contribution in [0, 0.1) is 0 Å². The molecule has 3 heterocycles. The Morgan fingerprint density at radius 3 is 2.26 bits per heavy atom. The van der Waals surface area contributed by atoms with E-state index < -0.39 is 36.4 Å². The number of para-hydroxylation sites is 1. The number of ether oxygens (including phenoxy) is 4. The molecule has 1 aromatic carbocycles. The SMILES string of the molecule is O=C(OC1COC2C(OC(=O)c3ccccc3O)COC12)c1cccnc1. The van der Waals surface area contributed by atoms with Crippen molar-refractivity contribution < 1.29 is 33.6 Å². The Morgan fingerprint density at radius 1 is 0.963 bits per heavy atom. The number of nitrogens with zero attached hydrogens (tertiary/aromatic N) is 1. The second-order valence-electron chi connectivity index (χ2n) is 6.24. The number of aromatic nitrogens is 1. The van der Waals surface area contributed by atoms with Crippen molar-refractivity contribution in [2.24, 2.45) is 0 Å². The fourth-order valence-corrected chi connectivity index (χ4v) is 3.17. The number of phenols is 1. The second kappa shape index (κ2) is 7.34. The second-order valence-corrected chi connectivity index (χ2v) is 6.24. The summed E-state index contributed by atoms with van der Waals surface area (Å²) in [4.78, 5) is 28.3. The minimum atomic E-state index is -0.665. The summed E-state index contributed by atoms with van der Waals surface area (Å²) in [6.45, 7) is 0.265. The third-order valence-corrected chi connectivity index (χ3v) is 4.50. The average Bonchev–Trinajstić information content (AvgIpc) is 3.26.